The number of allylic oxidation sites excluding steroid dienone is 1. The molecule has 0 aromatic carbocycles. The van der Waals surface area contributed by atoms with Gasteiger partial charge in [0, 0.05) is 25.2 Å². The molecule has 2 nitrogen and oxygen atoms in total. The molecule has 2 heteroatoms. The van der Waals surface area contributed by atoms with Gasteiger partial charge in [0.05, 0.1) is 0 Å². The van der Waals surface area contributed by atoms with Crippen LogP contribution in [0.3, 0.4) is 0 Å². The molecule has 14 heavy (non-hydrogen) atoms. The van der Waals surface area contributed by atoms with Crippen molar-refractivity contribution in [1.82, 2.24) is 10.2 Å². The van der Waals surface area contributed by atoms with Crippen LogP contribution in [0.2, 0.25) is 0 Å². The van der Waals surface area contributed by atoms with E-state index in [0.29, 0.717) is 0 Å². The van der Waals surface area contributed by atoms with Gasteiger partial charge in [0.15, 0.2) is 0 Å². The normalized spacial score (nSPS) is 33.8. The SMILES string of the molecule is C/C=C/CCN1[C@H]2CCNC[C@@H]1CC2. The summed E-state index contributed by atoms with van der Waals surface area (Å²) in [5.74, 6) is 0. The summed E-state index contributed by atoms with van der Waals surface area (Å²) in [4.78, 5) is 2.74. The van der Waals surface area contributed by atoms with E-state index in [1.807, 2.05) is 0 Å². The highest BCUT2D eigenvalue weighted by Crippen LogP contribution is 2.27. The Bertz CT molecular complexity index is 186. The molecule has 2 heterocycles. The Morgan fingerprint density at radius 1 is 1.29 bits per heavy atom. The van der Waals surface area contributed by atoms with Crippen LogP contribution in [0, 0.1) is 0 Å². The van der Waals surface area contributed by atoms with Gasteiger partial charge in [0.2, 0.25) is 0 Å². The summed E-state index contributed by atoms with van der Waals surface area (Å²) in [5, 5.41) is 3.54. The van der Waals surface area contributed by atoms with Crippen molar-refractivity contribution in [2.24, 2.45) is 0 Å². The number of nitrogens with one attached hydrogen (secondary N) is 1. The summed E-state index contributed by atoms with van der Waals surface area (Å²) in [6, 6.07) is 1.70. The zero-order chi connectivity index (χ0) is 9.80. The minimum Gasteiger partial charge on any atom is -0.315 e. The molecule has 0 aromatic heterocycles. The Kier molecular flexibility index (Phi) is 3.60. The third-order valence-electron chi connectivity index (χ3n) is 3.60. The molecule has 0 aromatic rings. The van der Waals surface area contributed by atoms with Crippen LogP contribution < -0.4 is 5.32 Å². The molecule has 0 unspecified atom stereocenters. The Balaban J connectivity index is 1.88. The first-order valence-electron chi connectivity index (χ1n) is 5.99. The van der Waals surface area contributed by atoms with E-state index in [4.69, 9.17) is 0 Å². The summed E-state index contributed by atoms with van der Waals surface area (Å²) in [7, 11) is 0. The van der Waals surface area contributed by atoms with Crippen LogP contribution in [0.4, 0.5) is 0 Å². The highest BCUT2D eigenvalue weighted by Gasteiger charge is 2.33. The van der Waals surface area contributed by atoms with E-state index in [9.17, 15) is 0 Å². The molecule has 2 atom stereocenters. The molecule has 0 radical (unpaired) electrons. The molecule has 2 saturated heterocycles. The Morgan fingerprint density at radius 2 is 2.14 bits per heavy atom. The van der Waals surface area contributed by atoms with E-state index in [2.05, 4.69) is 29.3 Å². The standard InChI is InChI=1S/C12H22N2/c1-2-3-4-9-14-11-5-6-12(14)10-13-8-7-11/h2-3,11-13H,4-10H2,1H3/b3-2+/t11-,12+/m1/s1. The van der Waals surface area contributed by atoms with E-state index >= 15 is 0 Å². The molecular formula is C12H22N2. The largest absolute Gasteiger partial charge is 0.315 e. The van der Waals surface area contributed by atoms with E-state index in [1.54, 1.807) is 0 Å². The van der Waals surface area contributed by atoms with Gasteiger partial charge < -0.3 is 5.32 Å². The van der Waals surface area contributed by atoms with E-state index in [1.165, 1.54) is 45.3 Å². The molecule has 80 valence electrons. The molecular weight excluding hydrogens is 172 g/mol. The first-order chi connectivity index (χ1) is 6.92. The second-order valence-electron chi connectivity index (χ2n) is 4.47. The zero-order valence-electron chi connectivity index (χ0n) is 9.21. The summed E-state index contributed by atoms with van der Waals surface area (Å²) in [6.45, 7) is 5.81. The molecule has 2 rings (SSSR count). The van der Waals surface area contributed by atoms with Crippen LogP contribution in [0.5, 0.6) is 0 Å². The Hall–Kier alpha value is -0.340. The van der Waals surface area contributed by atoms with Crippen molar-refractivity contribution in [3.63, 3.8) is 0 Å². The van der Waals surface area contributed by atoms with Crippen LogP contribution in [0.15, 0.2) is 12.2 Å². The van der Waals surface area contributed by atoms with Gasteiger partial charge in [-0.15, -0.1) is 0 Å². The van der Waals surface area contributed by atoms with Crippen LogP contribution in [-0.2, 0) is 0 Å². The summed E-state index contributed by atoms with van der Waals surface area (Å²) in [6.07, 6.45) is 9.88. The van der Waals surface area contributed by atoms with Gasteiger partial charge in [-0.2, -0.15) is 0 Å². The number of hydrogen-bond donors (Lipinski definition) is 1. The summed E-state index contributed by atoms with van der Waals surface area (Å²) >= 11 is 0. The molecule has 0 saturated carbocycles. The molecule has 0 aliphatic carbocycles. The van der Waals surface area contributed by atoms with Gasteiger partial charge in [0.1, 0.15) is 0 Å². The van der Waals surface area contributed by atoms with Crippen LogP contribution in [0.1, 0.15) is 32.6 Å². The van der Waals surface area contributed by atoms with Gasteiger partial charge >= 0.3 is 0 Å². The fraction of sp³-hybridized carbons (Fsp3) is 0.833. The molecule has 0 amide bonds. The minimum absolute atomic E-state index is 0.827. The Morgan fingerprint density at radius 3 is 3.00 bits per heavy atom. The lowest BCUT2D eigenvalue weighted by molar-refractivity contribution is 0.206. The average Bonchev–Trinajstić information content (AvgIpc) is 2.41. The Labute approximate surface area is 87.4 Å². The number of fused-ring (bicyclic) bond motifs is 2. The van der Waals surface area contributed by atoms with Gasteiger partial charge in [-0.05, 0) is 39.2 Å². The lowest BCUT2D eigenvalue weighted by atomic mass is 10.1. The first-order valence-corrected chi connectivity index (χ1v) is 5.99. The lowest BCUT2D eigenvalue weighted by Crippen LogP contribution is -2.38. The van der Waals surface area contributed by atoms with Crippen LogP contribution in [-0.4, -0.2) is 36.6 Å². The maximum absolute atomic E-state index is 3.54. The quantitative estimate of drug-likeness (QED) is 0.689. The number of rotatable bonds is 3. The molecule has 0 spiro atoms. The second-order valence-corrected chi connectivity index (χ2v) is 4.47. The predicted molar refractivity (Wildman–Crippen MR) is 60.4 cm³/mol. The van der Waals surface area contributed by atoms with E-state index in [0.717, 1.165) is 12.1 Å². The van der Waals surface area contributed by atoms with Crippen molar-refractivity contribution < 1.29 is 0 Å². The molecule has 2 fully saturated rings. The fourth-order valence-electron chi connectivity index (χ4n) is 2.84. The summed E-state index contributed by atoms with van der Waals surface area (Å²) in [5.41, 5.74) is 0. The topological polar surface area (TPSA) is 15.3 Å². The van der Waals surface area contributed by atoms with Crippen molar-refractivity contribution in [1.29, 1.82) is 0 Å². The third-order valence-corrected chi connectivity index (χ3v) is 3.60. The maximum Gasteiger partial charge on any atom is 0.0224 e. The lowest BCUT2D eigenvalue weighted by Gasteiger charge is -2.26. The van der Waals surface area contributed by atoms with Gasteiger partial charge in [0.25, 0.3) is 0 Å². The van der Waals surface area contributed by atoms with Crippen molar-refractivity contribution in [2.75, 3.05) is 19.6 Å². The second kappa shape index (κ2) is 4.94. The molecule has 2 bridgehead atoms. The van der Waals surface area contributed by atoms with Crippen molar-refractivity contribution >= 4 is 0 Å². The smallest absolute Gasteiger partial charge is 0.0224 e. The molecule has 2 aliphatic rings. The molecule has 1 N–H and O–H groups in total. The highest BCUT2D eigenvalue weighted by molar-refractivity contribution is 4.93. The van der Waals surface area contributed by atoms with Crippen molar-refractivity contribution in [3.05, 3.63) is 12.2 Å². The average molecular weight is 194 g/mol. The number of nitrogens with zero attached hydrogens (tertiary/aromatic N) is 1. The number of hydrogen-bond acceptors (Lipinski definition) is 2. The summed E-state index contributed by atoms with van der Waals surface area (Å²) < 4.78 is 0. The third kappa shape index (κ3) is 2.18. The minimum atomic E-state index is 0.827. The maximum atomic E-state index is 3.54. The van der Waals surface area contributed by atoms with Crippen molar-refractivity contribution in [2.45, 2.75) is 44.7 Å². The van der Waals surface area contributed by atoms with Crippen LogP contribution in [0.25, 0.3) is 0 Å². The first kappa shape index (κ1) is 10.2. The predicted octanol–water partition coefficient (Wildman–Crippen LogP) is 1.78. The highest BCUT2D eigenvalue weighted by atomic mass is 15.2. The van der Waals surface area contributed by atoms with E-state index < -0.39 is 0 Å². The fourth-order valence-corrected chi connectivity index (χ4v) is 2.84. The van der Waals surface area contributed by atoms with Gasteiger partial charge in [-0.1, -0.05) is 12.2 Å². The van der Waals surface area contributed by atoms with Crippen LogP contribution >= 0.6 is 0 Å². The van der Waals surface area contributed by atoms with Crippen molar-refractivity contribution in [3.8, 4) is 0 Å². The van der Waals surface area contributed by atoms with Gasteiger partial charge in [-0.25, -0.2) is 0 Å². The van der Waals surface area contributed by atoms with E-state index in [-0.39, 0.29) is 0 Å². The monoisotopic (exact) mass is 194 g/mol. The molecule has 2 aliphatic heterocycles. The van der Waals surface area contributed by atoms with Gasteiger partial charge in [-0.3, -0.25) is 4.90 Å². The zero-order valence-corrected chi connectivity index (χ0v) is 9.21.